The number of amides is 2. The molecule has 0 saturated carbocycles. The van der Waals surface area contributed by atoms with Gasteiger partial charge < -0.3 is 14.8 Å². The highest BCUT2D eigenvalue weighted by atomic mass is 16.2. The van der Waals surface area contributed by atoms with Crippen molar-refractivity contribution in [3.63, 3.8) is 0 Å². The summed E-state index contributed by atoms with van der Waals surface area (Å²) in [5.41, 5.74) is 2.09. The highest BCUT2D eigenvalue weighted by Gasteiger charge is 2.18. The van der Waals surface area contributed by atoms with E-state index in [1.165, 1.54) is 0 Å². The molecule has 2 rings (SSSR count). The van der Waals surface area contributed by atoms with Crippen LogP contribution >= 0.6 is 0 Å². The molecule has 0 aliphatic carbocycles. The van der Waals surface area contributed by atoms with Gasteiger partial charge in [0.25, 0.3) is 0 Å². The molecule has 0 aliphatic heterocycles. The van der Waals surface area contributed by atoms with Gasteiger partial charge in [0, 0.05) is 31.5 Å². The van der Waals surface area contributed by atoms with Gasteiger partial charge in [-0.25, -0.2) is 9.78 Å². The van der Waals surface area contributed by atoms with Crippen LogP contribution in [-0.4, -0.2) is 33.1 Å². The first kappa shape index (κ1) is 17.1. The molecule has 1 aromatic heterocycles. The third-order valence-corrected chi connectivity index (χ3v) is 3.65. The van der Waals surface area contributed by atoms with Crippen molar-refractivity contribution >= 4 is 6.03 Å². The number of para-hydroxylation sites is 1. The Morgan fingerprint density at radius 3 is 2.61 bits per heavy atom. The quantitative estimate of drug-likeness (QED) is 0.888. The maximum atomic E-state index is 12.5. The van der Waals surface area contributed by atoms with Crippen LogP contribution in [0.2, 0.25) is 0 Å². The molecule has 0 spiro atoms. The fourth-order valence-electron chi connectivity index (χ4n) is 2.51. The van der Waals surface area contributed by atoms with Crippen LogP contribution in [0.4, 0.5) is 4.79 Å². The smallest absolute Gasteiger partial charge is 0.317 e. The lowest BCUT2D eigenvalue weighted by Gasteiger charge is -2.28. The monoisotopic (exact) mass is 314 g/mol. The number of rotatable bonds is 6. The first-order chi connectivity index (χ1) is 11.0. The molecule has 5 heteroatoms. The Bertz CT molecular complexity index is 620. The summed E-state index contributed by atoms with van der Waals surface area (Å²) in [5.74, 6) is 0.446. The molecule has 0 fully saturated rings. The molecule has 5 nitrogen and oxygen atoms in total. The standard InChI is InChI=1S/C18H26N4O/c1-14(2)12-22(15(3)4)18(23)20-11-16-7-5-6-8-17(16)21-10-9-19-13-21/h5-10,13-15H,11-12H2,1-4H3,(H,20,23). The number of urea groups is 1. The Kier molecular flexibility index (Phi) is 5.79. The van der Waals surface area contributed by atoms with Crippen molar-refractivity contribution in [1.82, 2.24) is 19.8 Å². The van der Waals surface area contributed by atoms with E-state index in [1.54, 1.807) is 12.5 Å². The molecular formula is C18H26N4O. The van der Waals surface area contributed by atoms with Crippen molar-refractivity contribution in [3.05, 3.63) is 48.5 Å². The first-order valence-corrected chi connectivity index (χ1v) is 8.09. The Morgan fingerprint density at radius 2 is 2.00 bits per heavy atom. The average Bonchev–Trinajstić information content (AvgIpc) is 3.04. The number of hydrogen-bond acceptors (Lipinski definition) is 2. The van der Waals surface area contributed by atoms with Crippen molar-refractivity contribution in [1.29, 1.82) is 0 Å². The van der Waals surface area contributed by atoms with Crippen LogP contribution in [0, 0.1) is 5.92 Å². The van der Waals surface area contributed by atoms with Gasteiger partial charge in [-0.1, -0.05) is 32.0 Å². The molecule has 2 aromatic rings. The number of hydrogen-bond donors (Lipinski definition) is 1. The van der Waals surface area contributed by atoms with Crippen LogP contribution in [0.3, 0.4) is 0 Å². The molecule has 0 radical (unpaired) electrons. The highest BCUT2D eigenvalue weighted by molar-refractivity contribution is 5.74. The van der Waals surface area contributed by atoms with E-state index >= 15 is 0 Å². The van der Waals surface area contributed by atoms with E-state index in [1.807, 2.05) is 53.8 Å². The second-order valence-corrected chi connectivity index (χ2v) is 6.40. The zero-order valence-electron chi connectivity index (χ0n) is 14.4. The van der Waals surface area contributed by atoms with Crippen LogP contribution in [0.25, 0.3) is 5.69 Å². The molecular weight excluding hydrogens is 288 g/mol. The molecule has 23 heavy (non-hydrogen) atoms. The second kappa shape index (κ2) is 7.81. The van der Waals surface area contributed by atoms with E-state index in [4.69, 9.17) is 0 Å². The summed E-state index contributed by atoms with van der Waals surface area (Å²) < 4.78 is 1.95. The van der Waals surface area contributed by atoms with Gasteiger partial charge in [-0.2, -0.15) is 0 Å². The third-order valence-electron chi connectivity index (χ3n) is 3.65. The van der Waals surface area contributed by atoms with Crippen LogP contribution in [0.5, 0.6) is 0 Å². The van der Waals surface area contributed by atoms with E-state index < -0.39 is 0 Å². The topological polar surface area (TPSA) is 50.2 Å². The summed E-state index contributed by atoms with van der Waals surface area (Å²) in [7, 11) is 0. The van der Waals surface area contributed by atoms with Crippen molar-refractivity contribution in [2.75, 3.05) is 6.54 Å². The van der Waals surface area contributed by atoms with Crippen molar-refractivity contribution in [3.8, 4) is 5.69 Å². The Hall–Kier alpha value is -2.30. The fraction of sp³-hybridized carbons (Fsp3) is 0.444. The largest absolute Gasteiger partial charge is 0.334 e. The van der Waals surface area contributed by atoms with Crippen molar-refractivity contribution < 1.29 is 4.79 Å². The van der Waals surface area contributed by atoms with Crippen LogP contribution < -0.4 is 5.32 Å². The lowest BCUT2D eigenvalue weighted by atomic mass is 10.1. The van der Waals surface area contributed by atoms with Gasteiger partial charge in [0.15, 0.2) is 0 Å². The molecule has 1 heterocycles. The molecule has 2 amide bonds. The predicted octanol–water partition coefficient (Wildman–Crippen LogP) is 3.45. The molecule has 1 aromatic carbocycles. The Labute approximate surface area is 138 Å². The molecule has 0 bridgehead atoms. The van der Waals surface area contributed by atoms with E-state index in [0.29, 0.717) is 12.5 Å². The number of nitrogens with one attached hydrogen (secondary N) is 1. The Morgan fingerprint density at radius 1 is 1.26 bits per heavy atom. The maximum absolute atomic E-state index is 12.5. The number of benzene rings is 1. The fourth-order valence-corrected chi connectivity index (χ4v) is 2.51. The van der Waals surface area contributed by atoms with Gasteiger partial charge in [-0.05, 0) is 31.4 Å². The number of carbonyl (C=O) groups excluding carboxylic acids is 1. The zero-order chi connectivity index (χ0) is 16.8. The summed E-state index contributed by atoms with van der Waals surface area (Å²) in [6.45, 7) is 9.58. The lowest BCUT2D eigenvalue weighted by molar-refractivity contribution is 0.174. The summed E-state index contributed by atoms with van der Waals surface area (Å²) >= 11 is 0. The minimum atomic E-state index is -0.0193. The normalized spacial score (nSPS) is 11.0. The summed E-state index contributed by atoms with van der Waals surface area (Å²) in [4.78, 5) is 18.5. The molecule has 0 atom stereocenters. The third kappa shape index (κ3) is 4.58. The SMILES string of the molecule is CC(C)CN(C(=O)NCc1ccccc1-n1ccnc1)C(C)C. The summed E-state index contributed by atoms with van der Waals surface area (Å²) in [6, 6.07) is 8.18. The van der Waals surface area contributed by atoms with Gasteiger partial charge in [-0.3, -0.25) is 0 Å². The summed E-state index contributed by atoms with van der Waals surface area (Å²) in [6.07, 6.45) is 5.41. The van der Waals surface area contributed by atoms with E-state index in [-0.39, 0.29) is 12.1 Å². The second-order valence-electron chi connectivity index (χ2n) is 6.40. The highest BCUT2D eigenvalue weighted by Crippen LogP contribution is 2.14. The van der Waals surface area contributed by atoms with E-state index in [2.05, 4.69) is 24.1 Å². The van der Waals surface area contributed by atoms with E-state index in [0.717, 1.165) is 17.8 Å². The van der Waals surface area contributed by atoms with Crippen molar-refractivity contribution in [2.24, 2.45) is 5.92 Å². The predicted molar refractivity (Wildman–Crippen MR) is 92.5 cm³/mol. The average molecular weight is 314 g/mol. The molecule has 124 valence electrons. The van der Waals surface area contributed by atoms with Crippen molar-refractivity contribution in [2.45, 2.75) is 40.3 Å². The van der Waals surface area contributed by atoms with Gasteiger partial charge in [0.2, 0.25) is 0 Å². The molecule has 0 aliphatic rings. The van der Waals surface area contributed by atoms with Gasteiger partial charge in [0.1, 0.15) is 0 Å². The number of carbonyl (C=O) groups is 1. The molecule has 1 N–H and O–H groups in total. The minimum absolute atomic E-state index is 0.0193. The number of nitrogens with zero attached hydrogens (tertiary/aromatic N) is 3. The van der Waals surface area contributed by atoms with Gasteiger partial charge in [-0.15, -0.1) is 0 Å². The van der Waals surface area contributed by atoms with Gasteiger partial charge >= 0.3 is 6.03 Å². The summed E-state index contributed by atoms with van der Waals surface area (Å²) in [5, 5.41) is 3.04. The lowest BCUT2D eigenvalue weighted by Crippen LogP contribution is -2.45. The molecule has 0 unspecified atom stereocenters. The van der Waals surface area contributed by atoms with Crippen LogP contribution in [-0.2, 0) is 6.54 Å². The van der Waals surface area contributed by atoms with Crippen LogP contribution in [0.1, 0.15) is 33.3 Å². The number of aromatic nitrogens is 2. The molecule has 0 saturated heterocycles. The zero-order valence-corrected chi connectivity index (χ0v) is 14.4. The Balaban J connectivity index is 2.07. The number of imidazole rings is 1. The first-order valence-electron chi connectivity index (χ1n) is 8.09. The maximum Gasteiger partial charge on any atom is 0.317 e. The van der Waals surface area contributed by atoms with Crippen LogP contribution in [0.15, 0.2) is 43.0 Å². The van der Waals surface area contributed by atoms with E-state index in [9.17, 15) is 4.79 Å². The minimum Gasteiger partial charge on any atom is -0.334 e. The van der Waals surface area contributed by atoms with Gasteiger partial charge in [0.05, 0.1) is 12.0 Å².